The summed E-state index contributed by atoms with van der Waals surface area (Å²) >= 11 is 13.5. The summed E-state index contributed by atoms with van der Waals surface area (Å²) in [6.45, 7) is 0. The molecule has 0 atom stereocenters. The van der Waals surface area contributed by atoms with E-state index in [4.69, 9.17) is 42.1 Å². The zero-order valence-corrected chi connectivity index (χ0v) is 27.7. The van der Waals surface area contributed by atoms with Gasteiger partial charge >= 0.3 is 0 Å². The van der Waals surface area contributed by atoms with Crippen molar-refractivity contribution in [3.05, 3.63) is 34.3 Å². The number of rotatable bonds is 8. The van der Waals surface area contributed by atoms with Gasteiger partial charge in [-0.2, -0.15) is 0 Å². The standard InChI is InChI=1S/C38H48Cl2O4/c39-31-23-29-30(24-32(31)40)38(44-28-19-11-4-12-20-28)36-34(42-26-15-7-2-8-16-26)22-21-33(41-25-13-5-1-6-14-25)35(36)37(29)43-27-17-9-3-10-18-27/h21-28H,1-20H2. The van der Waals surface area contributed by atoms with Crippen molar-refractivity contribution < 1.29 is 18.9 Å². The van der Waals surface area contributed by atoms with Crippen molar-refractivity contribution in [3.8, 4) is 23.0 Å². The van der Waals surface area contributed by atoms with Gasteiger partial charge in [0.2, 0.25) is 0 Å². The minimum atomic E-state index is 0.153. The monoisotopic (exact) mass is 638 g/mol. The first-order chi connectivity index (χ1) is 21.6. The number of benzene rings is 3. The molecule has 0 heterocycles. The van der Waals surface area contributed by atoms with E-state index < -0.39 is 0 Å². The van der Waals surface area contributed by atoms with Crippen LogP contribution < -0.4 is 18.9 Å². The molecule has 3 aromatic carbocycles. The average molecular weight is 640 g/mol. The Morgan fingerprint density at radius 3 is 1.02 bits per heavy atom. The van der Waals surface area contributed by atoms with E-state index in [9.17, 15) is 0 Å². The molecular weight excluding hydrogens is 591 g/mol. The Hall–Kier alpha value is -2.04. The summed E-state index contributed by atoms with van der Waals surface area (Å²) in [4.78, 5) is 0. The van der Waals surface area contributed by atoms with Gasteiger partial charge in [0.1, 0.15) is 23.0 Å². The van der Waals surface area contributed by atoms with Crippen LogP contribution in [0.5, 0.6) is 23.0 Å². The second-order valence-corrected chi connectivity index (χ2v) is 14.6. The molecule has 4 saturated carbocycles. The van der Waals surface area contributed by atoms with Crippen LogP contribution in [0.1, 0.15) is 128 Å². The van der Waals surface area contributed by atoms with E-state index in [1.165, 1.54) is 77.0 Å². The first kappa shape index (κ1) is 30.6. The lowest BCUT2D eigenvalue weighted by molar-refractivity contribution is 0.146. The predicted molar refractivity (Wildman–Crippen MR) is 181 cm³/mol. The van der Waals surface area contributed by atoms with Gasteiger partial charge in [0.05, 0.1) is 45.2 Å². The SMILES string of the molecule is Clc1cc2c(OC3CCCCC3)c3c(OC4CCCCC4)ccc(OC4CCCCC4)c3c(OC3CCCCC3)c2cc1Cl. The molecule has 0 radical (unpaired) electrons. The molecule has 0 bridgehead atoms. The van der Waals surface area contributed by atoms with Crippen molar-refractivity contribution in [2.45, 2.75) is 153 Å². The van der Waals surface area contributed by atoms with Gasteiger partial charge in [-0.25, -0.2) is 0 Å². The average Bonchev–Trinajstić information content (AvgIpc) is 3.06. The van der Waals surface area contributed by atoms with E-state index in [-0.39, 0.29) is 24.4 Å². The lowest BCUT2D eigenvalue weighted by Gasteiger charge is -2.31. The quantitative estimate of drug-likeness (QED) is 0.230. The minimum absolute atomic E-state index is 0.153. The topological polar surface area (TPSA) is 36.9 Å². The normalized spacial score (nSPS) is 21.5. The molecule has 4 aliphatic carbocycles. The number of hydrogen-bond donors (Lipinski definition) is 0. The highest BCUT2D eigenvalue weighted by atomic mass is 35.5. The third-order valence-electron chi connectivity index (χ3n) is 10.5. The summed E-state index contributed by atoms with van der Waals surface area (Å²) < 4.78 is 28.1. The molecule has 3 aromatic rings. The first-order valence-corrected chi connectivity index (χ1v) is 18.5. The van der Waals surface area contributed by atoms with Crippen molar-refractivity contribution in [2.24, 2.45) is 0 Å². The molecule has 238 valence electrons. The third-order valence-corrected chi connectivity index (χ3v) is 11.2. The molecule has 0 N–H and O–H groups in total. The van der Waals surface area contributed by atoms with Crippen LogP contribution in [-0.4, -0.2) is 24.4 Å². The van der Waals surface area contributed by atoms with Crippen LogP contribution in [0.4, 0.5) is 0 Å². The predicted octanol–water partition coefficient (Wildman–Crippen LogP) is 12.1. The second-order valence-electron chi connectivity index (χ2n) is 13.8. The van der Waals surface area contributed by atoms with Crippen molar-refractivity contribution in [1.29, 1.82) is 0 Å². The van der Waals surface area contributed by atoms with Crippen molar-refractivity contribution >= 4 is 44.7 Å². The summed E-state index contributed by atoms with van der Waals surface area (Å²) in [6.07, 6.45) is 24.0. The lowest BCUT2D eigenvalue weighted by Crippen LogP contribution is -2.23. The van der Waals surface area contributed by atoms with Gasteiger partial charge in [-0.3, -0.25) is 0 Å². The van der Waals surface area contributed by atoms with E-state index in [1.807, 2.05) is 12.1 Å². The maximum atomic E-state index is 7.10. The van der Waals surface area contributed by atoms with Crippen LogP contribution in [0.3, 0.4) is 0 Å². The van der Waals surface area contributed by atoms with Gasteiger partial charge in [0.25, 0.3) is 0 Å². The van der Waals surface area contributed by atoms with Gasteiger partial charge in [-0.15, -0.1) is 0 Å². The molecular formula is C38H48Cl2O4. The molecule has 0 spiro atoms. The fourth-order valence-electron chi connectivity index (χ4n) is 8.07. The molecule has 0 saturated heterocycles. The Morgan fingerprint density at radius 1 is 0.409 bits per heavy atom. The van der Waals surface area contributed by atoms with E-state index in [2.05, 4.69) is 12.1 Å². The van der Waals surface area contributed by atoms with Crippen LogP contribution in [0.15, 0.2) is 24.3 Å². The highest BCUT2D eigenvalue weighted by Crippen LogP contribution is 2.53. The molecule has 0 amide bonds. The van der Waals surface area contributed by atoms with E-state index in [0.29, 0.717) is 10.0 Å². The molecule has 0 aromatic heterocycles. The van der Waals surface area contributed by atoms with Crippen LogP contribution in [0, 0.1) is 0 Å². The van der Waals surface area contributed by atoms with Gasteiger partial charge in [-0.1, -0.05) is 48.9 Å². The molecule has 4 fully saturated rings. The largest absolute Gasteiger partial charge is 0.490 e. The number of fused-ring (bicyclic) bond motifs is 2. The molecule has 44 heavy (non-hydrogen) atoms. The van der Waals surface area contributed by atoms with Crippen molar-refractivity contribution in [3.63, 3.8) is 0 Å². The minimum Gasteiger partial charge on any atom is -0.490 e. The molecule has 6 heteroatoms. The summed E-state index contributed by atoms with van der Waals surface area (Å²) in [6, 6.07) is 8.25. The maximum Gasteiger partial charge on any atom is 0.139 e. The first-order valence-electron chi connectivity index (χ1n) is 17.7. The van der Waals surface area contributed by atoms with E-state index in [1.54, 1.807) is 0 Å². The summed E-state index contributed by atoms with van der Waals surface area (Å²) in [5, 5.41) is 4.91. The second kappa shape index (κ2) is 14.2. The zero-order valence-electron chi connectivity index (χ0n) is 26.1. The van der Waals surface area contributed by atoms with Crippen molar-refractivity contribution in [1.82, 2.24) is 0 Å². The number of ether oxygens (including phenoxy) is 4. The highest BCUT2D eigenvalue weighted by molar-refractivity contribution is 6.43. The lowest BCUT2D eigenvalue weighted by atomic mass is 9.94. The maximum absolute atomic E-state index is 7.10. The fraction of sp³-hybridized carbons (Fsp3) is 0.632. The molecule has 0 aliphatic heterocycles. The zero-order chi connectivity index (χ0) is 29.9. The van der Waals surface area contributed by atoms with E-state index in [0.717, 1.165) is 95.9 Å². The summed E-state index contributed by atoms with van der Waals surface area (Å²) in [7, 11) is 0. The van der Waals surface area contributed by atoms with Gasteiger partial charge in [0.15, 0.2) is 0 Å². The van der Waals surface area contributed by atoms with Gasteiger partial charge in [-0.05, 0) is 127 Å². The van der Waals surface area contributed by atoms with Crippen LogP contribution in [0.2, 0.25) is 10.0 Å². The Morgan fingerprint density at radius 2 is 0.705 bits per heavy atom. The molecule has 4 nitrogen and oxygen atoms in total. The highest BCUT2D eigenvalue weighted by Gasteiger charge is 2.30. The van der Waals surface area contributed by atoms with E-state index >= 15 is 0 Å². The fourth-order valence-corrected chi connectivity index (χ4v) is 8.40. The van der Waals surface area contributed by atoms with Gasteiger partial charge in [0, 0.05) is 10.8 Å². The number of hydrogen-bond acceptors (Lipinski definition) is 4. The van der Waals surface area contributed by atoms with Crippen LogP contribution in [0.25, 0.3) is 21.5 Å². The molecule has 4 aliphatic rings. The Labute approximate surface area is 273 Å². The summed E-state index contributed by atoms with van der Waals surface area (Å²) in [5.41, 5.74) is 0. The Bertz CT molecular complexity index is 1320. The smallest absolute Gasteiger partial charge is 0.139 e. The Kier molecular flexibility index (Phi) is 9.85. The molecule has 7 rings (SSSR count). The van der Waals surface area contributed by atoms with Gasteiger partial charge < -0.3 is 18.9 Å². The number of halogens is 2. The molecule has 0 unspecified atom stereocenters. The Balaban J connectivity index is 1.47. The van der Waals surface area contributed by atoms with Crippen LogP contribution >= 0.6 is 23.2 Å². The van der Waals surface area contributed by atoms with Crippen molar-refractivity contribution in [2.75, 3.05) is 0 Å². The summed E-state index contributed by atoms with van der Waals surface area (Å²) in [5.74, 6) is 3.43. The third kappa shape index (κ3) is 6.73. The van der Waals surface area contributed by atoms with Crippen LogP contribution in [-0.2, 0) is 0 Å².